The van der Waals surface area contributed by atoms with Crippen molar-refractivity contribution in [1.82, 2.24) is 0 Å². The second-order valence-electron chi connectivity index (χ2n) is 5.07. The minimum Gasteiger partial charge on any atom is -0.488 e. The summed E-state index contributed by atoms with van der Waals surface area (Å²) in [5.74, 6) is 0.417. The van der Waals surface area contributed by atoms with Crippen LogP contribution in [0.25, 0.3) is 0 Å². The lowest BCUT2D eigenvalue weighted by atomic mass is 10.1. The number of fused-ring (bicyclic) bond motifs is 1. The Morgan fingerprint density at radius 1 is 1.24 bits per heavy atom. The molecular formula is C16H17N3O2. The summed E-state index contributed by atoms with van der Waals surface area (Å²) in [5.41, 5.74) is 14.0. The van der Waals surface area contributed by atoms with Crippen molar-refractivity contribution in [2.75, 3.05) is 17.6 Å². The molecule has 108 valence electrons. The number of ether oxygens (including phenoxy) is 1. The van der Waals surface area contributed by atoms with E-state index in [9.17, 15) is 4.79 Å². The first-order chi connectivity index (χ1) is 10.1. The number of primary amides is 1. The van der Waals surface area contributed by atoms with Gasteiger partial charge in [0, 0.05) is 6.42 Å². The average molecular weight is 283 g/mol. The molecule has 0 fully saturated rings. The van der Waals surface area contributed by atoms with Crippen LogP contribution in [0.15, 0.2) is 42.5 Å². The third kappa shape index (κ3) is 2.63. The van der Waals surface area contributed by atoms with E-state index < -0.39 is 5.91 Å². The normalized spacial score (nSPS) is 16.1. The highest BCUT2D eigenvalue weighted by atomic mass is 16.5. The van der Waals surface area contributed by atoms with E-state index in [-0.39, 0.29) is 6.10 Å². The van der Waals surface area contributed by atoms with E-state index in [4.69, 9.17) is 16.2 Å². The van der Waals surface area contributed by atoms with Crippen molar-refractivity contribution in [3.63, 3.8) is 0 Å². The summed E-state index contributed by atoms with van der Waals surface area (Å²) in [6.45, 7) is 0.559. The second kappa shape index (κ2) is 5.36. The van der Waals surface area contributed by atoms with Crippen LogP contribution in [0, 0.1) is 0 Å². The number of carbonyl (C=O) groups excluding carboxylic acids is 1. The highest BCUT2D eigenvalue weighted by molar-refractivity contribution is 6.01. The van der Waals surface area contributed by atoms with Gasteiger partial charge in [-0.15, -0.1) is 0 Å². The molecule has 1 aliphatic rings. The molecule has 0 bridgehead atoms. The smallest absolute Gasteiger partial charge is 0.250 e. The van der Waals surface area contributed by atoms with Gasteiger partial charge in [-0.05, 0) is 23.8 Å². The second-order valence-corrected chi connectivity index (χ2v) is 5.07. The van der Waals surface area contributed by atoms with Crippen LogP contribution < -0.4 is 21.5 Å². The van der Waals surface area contributed by atoms with Crippen LogP contribution in [0.4, 0.5) is 11.4 Å². The molecule has 5 nitrogen and oxygen atoms in total. The van der Waals surface area contributed by atoms with Gasteiger partial charge in [-0.25, -0.2) is 0 Å². The van der Waals surface area contributed by atoms with Crippen LogP contribution in [-0.4, -0.2) is 18.6 Å². The molecule has 0 spiro atoms. The molecule has 0 radical (unpaired) electrons. The summed E-state index contributed by atoms with van der Waals surface area (Å²) in [6, 6.07) is 13.1. The van der Waals surface area contributed by atoms with Gasteiger partial charge in [0.05, 0.1) is 23.5 Å². The molecule has 2 aromatic rings. The van der Waals surface area contributed by atoms with E-state index in [1.165, 1.54) is 5.56 Å². The average Bonchev–Trinajstić information content (AvgIpc) is 2.88. The monoisotopic (exact) mass is 283 g/mol. The van der Waals surface area contributed by atoms with Gasteiger partial charge in [0.25, 0.3) is 5.91 Å². The van der Waals surface area contributed by atoms with Gasteiger partial charge in [-0.3, -0.25) is 4.79 Å². The van der Waals surface area contributed by atoms with Crippen LogP contribution in [0.5, 0.6) is 5.75 Å². The minimum atomic E-state index is -0.500. The fourth-order valence-corrected chi connectivity index (χ4v) is 2.56. The lowest BCUT2D eigenvalue weighted by Crippen LogP contribution is -2.26. The summed E-state index contributed by atoms with van der Waals surface area (Å²) in [5, 5.41) is 3.19. The molecule has 5 N–H and O–H groups in total. The zero-order valence-corrected chi connectivity index (χ0v) is 11.5. The van der Waals surface area contributed by atoms with Crippen LogP contribution in [0.2, 0.25) is 0 Å². The van der Waals surface area contributed by atoms with Gasteiger partial charge < -0.3 is 21.5 Å². The summed E-state index contributed by atoms with van der Waals surface area (Å²) < 4.78 is 5.85. The Kier molecular flexibility index (Phi) is 3.39. The van der Waals surface area contributed by atoms with Gasteiger partial charge in [0.1, 0.15) is 11.9 Å². The van der Waals surface area contributed by atoms with Crippen molar-refractivity contribution < 1.29 is 9.53 Å². The van der Waals surface area contributed by atoms with E-state index in [1.54, 1.807) is 18.2 Å². The Labute approximate surface area is 122 Å². The molecule has 1 atom stereocenters. The van der Waals surface area contributed by atoms with Crippen molar-refractivity contribution in [2.45, 2.75) is 12.5 Å². The zero-order valence-electron chi connectivity index (χ0n) is 11.5. The lowest BCUT2D eigenvalue weighted by molar-refractivity contribution is 0.100. The molecule has 21 heavy (non-hydrogen) atoms. The number of hydrogen-bond acceptors (Lipinski definition) is 4. The van der Waals surface area contributed by atoms with Crippen LogP contribution in [0.1, 0.15) is 15.9 Å². The number of nitrogen functional groups attached to an aromatic ring is 1. The Hall–Kier alpha value is -2.69. The molecule has 3 rings (SSSR count). The van der Waals surface area contributed by atoms with E-state index >= 15 is 0 Å². The molecule has 0 aromatic heterocycles. The van der Waals surface area contributed by atoms with Crippen LogP contribution in [-0.2, 0) is 6.42 Å². The van der Waals surface area contributed by atoms with Crippen LogP contribution >= 0.6 is 0 Å². The predicted octanol–water partition coefficient (Wildman–Crippen LogP) is 1.78. The maximum Gasteiger partial charge on any atom is 0.250 e. The number of nitrogens with one attached hydrogen (secondary N) is 1. The highest BCUT2D eigenvalue weighted by Crippen LogP contribution is 2.29. The molecule has 5 heteroatoms. The number of amides is 1. The molecule has 0 saturated heterocycles. The Morgan fingerprint density at radius 2 is 2.05 bits per heavy atom. The maximum atomic E-state index is 11.4. The minimum absolute atomic E-state index is 0.0164. The number of nitrogens with two attached hydrogens (primary N) is 2. The summed E-state index contributed by atoms with van der Waals surface area (Å²) >= 11 is 0. The van der Waals surface area contributed by atoms with Crippen molar-refractivity contribution in [3.05, 3.63) is 53.6 Å². The third-order valence-electron chi connectivity index (χ3n) is 3.58. The molecule has 1 aliphatic heterocycles. The summed E-state index contributed by atoms with van der Waals surface area (Å²) in [4.78, 5) is 11.4. The van der Waals surface area contributed by atoms with E-state index in [0.717, 1.165) is 12.2 Å². The molecule has 1 amide bonds. The molecule has 1 heterocycles. The van der Waals surface area contributed by atoms with Gasteiger partial charge in [0.2, 0.25) is 0 Å². The SMILES string of the molecule is NC(=O)c1cccc(N)c1NCC1Cc2ccccc2O1. The number of benzene rings is 2. The van der Waals surface area contributed by atoms with E-state index in [0.29, 0.717) is 23.5 Å². The van der Waals surface area contributed by atoms with Gasteiger partial charge in [0.15, 0.2) is 0 Å². The molecule has 0 saturated carbocycles. The van der Waals surface area contributed by atoms with Gasteiger partial charge in [-0.2, -0.15) is 0 Å². The Morgan fingerprint density at radius 3 is 2.81 bits per heavy atom. The number of hydrogen-bond donors (Lipinski definition) is 3. The third-order valence-corrected chi connectivity index (χ3v) is 3.58. The molecule has 0 aliphatic carbocycles. The van der Waals surface area contributed by atoms with Crippen LogP contribution in [0.3, 0.4) is 0 Å². The fraction of sp³-hybridized carbons (Fsp3) is 0.188. The van der Waals surface area contributed by atoms with E-state index in [1.807, 2.05) is 18.2 Å². The number of para-hydroxylation sites is 2. The largest absolute Gasteiger partial charge is 0.488 e. The quantitative estimate of drug-likeness (QED) is 0.746. The highest BCUT2D eigenvalue weighted by Gasteiger charge is 2.22. The molecular weight excluding hydrogens is 266 g/mol. The Balaban J connectivity index is 1.71. The Bertz CT molecular complexity index is 660. The first-order valence-electron chi connectivity index (χ1n) is 6.82. The van der Waals surface area contributed by atoms with Crippen molar-refractivity contribution >= 4 is 17.3 Å². The number of anilines is 2. The summed E-state index contributed by atoms with van der Waals surface area (Å²) in [7, 11) is 0. The first kappa shape index (κ1) is 13.3. The first-order valence-corrected chi connectivity index (χ1v) is 6.82. The predicted molar refractivity (Wildman–Crippen MR) is 82.4 cm³/mol. The summed E-state index contributed by atoms with van der Waals surface area (Å²) in [6.07, 6.45) is 0.852. The van der Waals surface area contributed by atoms with Crippen molar-refractivity contribution in [1.29, 1.82) is 0 Å². The standard InChI is InChI=1S/C16H17N3O2/c17-13-6-3-5-12(16(18)20)15(13)19-9-11-8-10-4-1-2-7-14(10)21-11/h1-7,11,19H,8-9,17H2,(H2,18,20). The maximum absolute atomic E-state index is 11.4. The van der Waals surface area contributed by atoms with Crippen molar-refractivity contribution in [3.8, 4) is 5.75 Å². The molecule has 1 unspecified atom stereocenters. The fourth-order valence-electron chi connectivity index (χ4n) is 2.56. The number of rotatable bonds is 4. The van der Waals surface area contributed by atoms with Gasteiger partial charge >= 0.3 is 0 Å². The number of carbonyl (C=O) groups is 1. The topological polar surface area (TPSA) is 90.4 Å². The molecule has 2 aromatic carbocycles. The van der Waals surface area contributed by atoms with Crippen molar-refractivity contribution in [2.24, 2.45) is 5.73 Å². The van der Waals surface area contributed by atoms with E-state index in [2.05, 4.69) is 11.4 Å². The lowest BCUT2D eigenvalue weighted by Gasteiger charge is -2.16. The zero-order chi connectivity index (χ0) is 14.8. The van der Waals surface area contributed by atoms with Gasteiger partial charge in [-0.1, -0.05) is 24.3 Å².